The summed E-state index contributed by atoms with van der Waals surface area (Å²) in [5, 5.41) is 9.51. The third-order valence-electron chi connectivity index (χ3n) is 4.76. The van der Waals surface area contributed by atoms with E-state index in [-0.39, 0.29) is 0 Å². The van der Waals surface area contributed by atoms with Crippen molar-refractivity contribution in [2.24, 2.45) is 5.92 Å². The van der Waals surface area contributed by atoms with Crippen molar-refractivity contribution in [1.29, 1.82) is 0 Å². The minimum atomic E-state index is -3.66. The van der Waals surface area contributed by atoms with Gasteiger partial charge in [0.05, 0.1) is 0 Å². The first-order valence-electron chi connectivity index (χ1n) is 7.36. The molecule has 2 aliphatic rings. The van der Waals surface area contributed by atoms with E-state index in [4.69, 9.17) is 0 Å². The molecule has 0 aromatic rings. The Morgan fingerprint density at radius 3 is 2.40 bits per heavy atom. The molecule has 0 radical (unpaired) electrons. The van der Waals surface area contributed by atoms with E-state index < -0.39 is 21.7 Å². The maximum absolute atomic E-state index is 12.8. The molecule has 1 atom stereocenters. The Hall–Kier alpha value is -0.660. The second-order valence-corrected chi connectivity index (χ2v) is 7.81. The number of carboxylic acids is 1. The molecule has 0 spiro atoms. The molecular formula is C13H24N2O4S. The lowest BCUT2D eigenvalue weighted by atomic mass is 9.95. The molecule has 2 rings (SSSR count). The first-order chi connectivity index (χ1) is 9.34. The number of carbonyl (C=O) groups is 1. The van der Waals surface area contributed by atoms with E-state index in [9.17, 15) is 18.3 Å². The Morgan fingerprint density at radius 1 is 1.30 bits per heavy atom. The predicted octanol–water partition coefficient (Wildman–Crippen LogP) is 1.29. The maximum atomic E-state index is 12.8. The summed E-state index contributed by atoms with van der Waals surface area (Å²) in [4.78, 5) is 11.6. The fourth-order valence-corrected chi connectivity index (χ4v) is 5.31. The van der Waals surface area contributed by atoms with Gasteiger partial charge in [-0.2, -0.15) is 17.0 Å². The average molecular weight is 304 g/mol. The molecular weight excluding hydrogens is 280 g/mol. The molecule has 0 aliphatic carbocycles. The zero-order valence-corrected chi connectivity index (χ0v) is 13.0. The van der Waals surface area contributed by atoms with Crippen molar-refractivity contribution < 1.29 is 18.3 Å². The summed E-state index contributed by atoms with van der Waals surface area (Å²) in [6.45, 7) is 5.18. The molecule has 2 heterocycles. The van der Waals surface area contributed by atoms with Gasteiger partial charge in [0, 0.05) is 19.6 Å². The van der Waals surface area contributed by atoms with Crippen LogP contribution in [0.4, 0.5) is 0 Å². The molecule has 20 heavy (non-hydrogen) atoms. The molecule has 116 valence electrons. The fraction of sp³-hybridized carbons (Fsp3) is 0.923. The van der Waals surface area contributed by atoms with Crippen molar-refractivity contribution in [3.05, 3.63) is 0 Å². The van der Waals surface area contributed by atoms with Gasteiger partial charge in [-0.05, 0) is 38.0 Å². The largest absolute Gasteiger partial charge is 0.480 e. The summed E-state index contributed by atoms with van der Waals surface area (Å²) in [6, 6.07) is 0. The monoisotopic (exact) mass is 304 g/mol. The van der Waals surface area contributed by atoms with Crippen LogP contribution in [0.25, 0.3) is 0 Å². The van der Waals surface area contributed by atoms with Crippen molar-refractivity contribution in [1.82, 2.24) is 8.61 Å². The molecule has 0 amide bonds. The molecule has 2 aliphatic heterocycles. The van der Waals surface area contributed by atoms with Crippen LogP contribution >= 0.6 is 0 Å². The van der Waals surface area contributed by atoms with Crippen LogP contribution in [0.2, 0.25) is 0 Å². The van der Waals surface area contributed by atoms with Crippen LogP contribution in [0.1, 0.15) is 46.0 Å². The zero-order valence-electron chi connectivity index (χ0n) is 12.2. The number of hydrogen-bond acceptors (Lipinski definition) is 3. The Kier molecular flexibility index (Phi) is 4.41. The number of hydrogen-bond donors (Lipinski definition) is 1. The van der Waals surface area contributed by atoms with Gasteiger partial charge in [-0.15, -0.1) is 0 Å². The second kappa shape index (κ2) is 5.61. The maximum Gasteiger partial charge on any atom is 0.325 e. The third-order valence-corrected chi connectivity index (χ3v) is 6.87. The van der Waals surface area contributed by atoms with Crippen LogP contribution in [0, 0.1) is 5.92 Å². The zero-order chi connectivity index (χ0) is 15.0. The topological polar surface area (TPSA) is 77.9 Å². The lowest BCUT2D eigenvalue weighted by Gasteiger charge is -2.38. The van der Waals surface area contributed by atoms with Gasteiger partial charge in [0.15, 0.2) is 0 Å². The highest BCUT2D eigenvalue weighted by atomic mass is 32.2. The highest BCUT2D eigenvalue weighted by Crippen LogP contribution is 2.37. The summed E-state index contributed by atoms with van der Waals surface area (Å²) >= 11 is 0. The molecule has 7 heteroatoms. The summed E-state index contributed by atoms with van der Waals surface area (Å²) < 4.78 is 28.2. The Labute approximate surface area is 120 Å². The quantitative estimate of drug-likeness (QED) is 0.849. The number of piperidine rings is 1. The first-order valence-corrected chi connectivity index (χ1v) is 8.75. The standard InChI is InChI=1S/C13H24N2O4S/c1-3-13(12(16)17)7-4-8-15(13)20(18,19)14-9-5-11(2)6-10-14/h11H,3-10H2,1-2H3,(H,16,17). The Morgan fingerprint density at radius 2 is 1.90 bits per heavy atom. The molecule has 2 fully saturated rings. The van der Waals surface area contributed by atoms with Crippen molar-refractivity contribution >= 4 is 16.2 Å². The van der Waals surface area contributed by atoms with Crippen molar-refractivity contribution in [3.8, 4) is 0 Å². The van der Waals surface area contributed by atoms with Gasteiger partial charge in [-0.1, -0.05) is 13.8 Å². The van der Waals surface area contributed by atoms with Crippen molar-refractivity contribution in [2.75, 3.05) is 19.6 Å². The molecule has 6 nitrogen and oxygen atoms in total. The fourth-order valence-electron chi connectivity index (χ4n) is 3.26. The summed E-state index contributed by atoms with van der Waals surface area (Å²) in [5.74, 6) is -0.484. The Balaban J connectivity index is 2.26. The number of carboxylic acid groups (broad SMARTS) is 1. The summed E-state index contributed by atoms with van der Waals surface area (Å²) in [5.41, 5.74) is -1.25. The number of rotatable bonds is 4. The van der Waals surface area contributed by atoms with Gasteiger partial charge >= 0.3 is 5.97 Å². The van der Waals surface area contributed by atoms with E-state index >= 15 is 0 Å². The van der Waals surface area contributed by atoms with E-state index in [0.29, 0.717) is 44.8 Å². The Bertz CT molecular complexity index is 471. The molecule has 1 N–H and O–H groups in total. The van der Waals surface area contributed by atoms with Crippen LogP contribution in [0.5, 0.6) is 0 Å². The van der Waals surface area contributed by atoms with Gasteiger partial charge in [0.1, 0.15) is 5.54 Å². The van der Waals surface area contributed by atoms with E-state index in [0.717, 1.165) is 12.8 Å². The van der Waals surface area contributed by atoms with Gasteiger partial charge in [0.25, 0.3) is 10.2 Å². The van der Waals surface area contributed by atoms with E-state index in [2.05, 4.69) is 6.92 Å². The molecule has 0 saturated carbocycles. The third kappa shape index (κ3) is 2.46. The molecule has 0 aromatic carbocycles. The van der Waals surface area contributed by atoms with Gasteiger partial charge < -0.3 is 5.11 Å². The molecule has 2 saturated heterocycles. The summed E-state index contributed by atoms with van der Waals surface area (Å²) in [6.07, 6.45) is 3.02. The highest BCUT2D eigenvalue weighted by Gasteiger charge is 2.53. The van der Waals surface area contributed by atoms with Crippen LogP contribution in [0.3, 0.4) is 0 Å². The second-order valence-electron chi connectivity index (χ2n) is 5.96. The lowest BCUT2D eigenvalue weighted by molar-refractivity contribution is -0.147. The predicted molar refractivity (Wildman–Crippen MR) is 75.5 cm³/mol. The molecule has 0 bridgehead atoms. The number of nitrogens with zero attached hydrogens (tertiary/aromatic N) is 2. The van der Waals surface area contributed by atoms with Crippen LogP contribution in [0.15, 0.2) is 0 Å². The van der Waals surface area contributed by atoms with E-state index in [1.807, 2.05) is 0 Å². The van der Waals surface area contributed by atoms with E-state index in [1.165, 1.54) is 8.61 Å². The first kappa shape index (κ1) is 15.7. The van der Waals surface area contributed by atoms with E-state index in [1.54, 1.807) is 6.92 Å². The van der Waals surface area contributed by atoms with Gasteiger partial charge in [-0.3, -0.25) is 4.79 Å². The molecule has 0 aromatic heterocycles. The van der Waals surface area contributed by atoms with Crippen molar-refractivity contribution in [3.63, 3.8) is 0 Å². The van der Waals surface area contributed by atoms with Gasteiger partial charge in [-0.25, -0.2) is 0 Å². The van der Waals surface area contributed by atoms with Crippen LogP contribution in [-0.4, -0.2) is 53.3 Å². The number of aliphatic carboxylic acids is 1. The lowest BCUT2D eigenvalue weighted by Crippen LogP contribution is -2.57. The minimum Gasteiger partial charge on any atom is -0.480 e. The SMILES string of the molecule is CCC1(C(=O)O)CCCN1S(=O)(=O)N1CCC(C)CC1. The summed E-state index contributed by atoms with van der Waals surface area (Å²) in [7, 11) is -3.66. The van der Waals surface area contributed by atoms with Crippen LogP contribution in [-0.2, 0) is 15.0 Å². The molecule has 1 unspecified atom stereocenters. The van der Waals surface area contributed by atoms with Crippen LogP contribution < -0.4 is 0 Å². The smallest absolute Gasteiger partial charge is 0.325 e. The van der Waals surface area contributed by atoms with Gasteiger partial charge in [0.2, 0.25) is 0 Å². The average Bonchev–Trinajstić information content (AvgIpc) is 2.85. The normalized spacial score (nSPS) is 30.7. The highest BCUT2D eigenvalue weighted by molar-refractivity contribution is 7.86. The van der Waals surface area contributed by atoms with Crippen molar-refractivity contribution in [2.45, 2.75) is 51.5 Å². The minimum absolute atomic E-state index is 0.311.